The number of benzene rings is 1. The lowest BCUT2D eigenvalue weighted by Gasteiger charge is -2.33. The Morgan fingerprint density at radius 1 is 1.52 bits per heavy atom. The topological polar surface area (TPSA) is 41.6 Å². The van der Waals surface area contributed by atoms with Crippen LogP contribution in [0.25, 0.3) is 0 Å². The number of amides is 1. The van der Waals surface area contributed by atoms with Gasteiger partial charge in [-0.1, -0.05) is 31.5 Å². The zero-order chi connectivity index (χ0) is 16.8. The first-order valence-corrected chi connectivity index (χ1v) is 8.37. The number of nitrogens with one attached hydrogen (secondary N) is 1. The Kier molecular flexibility index (Phi) is 6.81. The first kappa shape index (κ1) is 18.2. The molecule has 23 heavy (non-hydrogen) atoms. The van der Waals surface area contributed by atoms with Gasteiger partial charge in [0.05, 0.1) is 19.1 Å². The van der Waals surface area contributed by atoms with Gasteiger partial charge in [0.1, 0.15) is 5.82 Å². The molecule has 1 heterocycles. The maximum Gasteiger partial charge on any atom is 0.224 e. The van der Waals surface area contributed by atoms with E-state index in [1.807, 2.05) is 0 Å². The van der Waals surface area contributed by atoms with E-state index in [0.29, 0.717) is 19.1 Å². The summed E-state index contributed by atoms with van der Waals surface area (Å²) in [6.45, 7) is 8.23. The van der Waals surface area contributed by atoms with E-state index in [1.165, 1.54) is 12.1 Å². The van der Waals surface area contributed by atoms with Gasteiger partial charge in [0.15, 0.2) is 0 Å². The highest BCUT2D eigenvalue weighted by Crippen LogP contribution is 2.19. The number of rotatable bonds is 6. The zero-order valence-corrected chi connectivity index (χ0v) is 14.4. The molecular formula is C17H24ClFN2O2. The molecule has 0 radical (unpaired) electrons. The Hall–Kier alpha value is -1.17. The van der Waals surface area contributed by atoms with E-state index in [0.717, 1.165) is 19.6 Å². The van der Waals surface area contributed by atoms with Gasteiger partial charge in [-0.25, -0.2) is 4.39 Å². The van der Waals surface area contributed by atoms with E-state index < -0.39 is 5.82 Å². The number of carbonyl (C=O) groups excluding carboxylic acids is 1. The Morgan fingerprint density at radius 2 is 2.30 bits per heavy atom. The molecule has 0 bridgehead atoms. The summed E-state index contributed by atoms with van der Waals surface area (Å²) < 4.78 is 19.4. The third-order valence-corrected chi connectivity index (χ3v) is 4.13. The Morgan fingerprint density at radius 3 is 3.00 bits per heavy atom. The highest BCUT2D eigenvalue weighted by Gasteiger charge is 2.21. The number of morpholine rings is 1. The van der Waals surface area contributed by atoms with E-state index in [4.69, 9.17) is 16.3 Å². The molecule has 1 atom stereocenters. The molecule has 1 saturated heterocycles. The van der Waals surface area contributed by atoms with Crippen LogP contribution in [0.15, 0.2) is 18.2 Å². The summed E-state index contributed by atoms with van der Waals surface area (Å²) in [5, 5.41) is 3.09. The van der Waals surface area contributed by atoms with Crippen molar-refractivity contribution < 1.29 is 13.9 Å². The molecule has 0 unspecified atom stereocenters. The fourth-order valence-corrected chi connectivity index (χ4v) is 2.97. The van der Waals surface area contributed by atoms with E-state index in [9.17, 15) is 9.18 Å². The molecule has 1 fully saturated rings. The van der Waals surface area contributed by atoms with Crippen molar-refractivity contribution in [1.82, 2.24) is 10.2 Å². The third-order valence-electron chi connectivity index (χ3n) is 3.77. The summed E-state index contributed by atoms with van der Waals surface area (Å²) >= 11 is 5.94. The molecule has 0 aliphatic carbocycles. The lowest BCUT2D eigenvalue weighted by molar-refractivity contribution is -0.121. The lowest BCUT2D eigenvalue weighted by Crippen LogP contribution is -2.48. The molecule has 1 aliphatic rings. The van der Waals surface area contributed by atoms with Crippen LogP contribution in [0.5, 0.6) is 0 Å². The van der Waals surface area contributed by atoms with Crippen molar-refractivity contribution >= 4 is 17.5 Å². The van der Waals surface area contributed by atoms with Crippen LogP contribution in [0.2, 0.25) is 5.02 Å². The number of nitrogens with zero attached hydrogens (tertiary/aromatic N) is 1. The van der Waals surface area contributed by atoms with Gasteiger partial charge < -0.3 is 10.1 Å². The summed E-state index contributed by atoms with van der Waals surface area (Å²) in [7, 11) is 0. The first-order chi connectivity index (χ1) is 11.0. The molecule has 2 rings (SSSR count). The van der Waals surface area contributed by atoms with E-state index in [2.05, 4.69) is 24.1 Å². The van der Waals surface area contributed by atoms with Crippen LogP contribution in [0.1, 0.15) is 19.4 Å². The number of halogens is 2. The number of ether oxygens (including phenoxy) is 1. The Balaban J connectivity index is 1.80. The van der Waals surface area contributed by atoms with Crippen LogP contribution in [0.3, 0.4) is 0 Å². The Bertz CT molecular complexity index is 519. The summed E-state index contributed by atoms with van der Waals surface area (Å²) in [5.41, 5.74) is 0.234. The molecule has 1 amide bonds. The monoisotopic (exact) mass is 342 g/mol. The number of hydrogen-bond acceptors (Lipinski definition) is 3. The van der Waals surface area contributed by atoms with Crippen molar-refractivity contribution in [2.45, 2.75) is 26.4 Å². The minimum Gasteiger partial charge on any atom is -0.374 e. The van der Waals surface area contributed by atoms with Gasteiger partial charge >= 0.3 is 0 Å². The number of carbonyl (C=O) groups is 1. The smallest absolute Gasteiger partial charge is 0.224 e. The summed E-state index contributed by atoms with van der Waals surface area (Å²) in [6, 6.07) is 4.42. The van der Waals surface area contributed by atoms with Gasteiger partial charge in [0.25, 0.3) is 0 Å². The van der Waals surface area contributed by atoms with Gasteiger partial charge in [0.2, 0.25) is 5.91 Å². The minimum absolute atomic E-state index is 0.0254. The fraction of sp³-hybridized carbons (Fsp3) is 0.588. The van der Waals surface area contributed by atoms with E-state index in [1.54, 1.807) is 6.07 Å². The molecule has 1 N–H and O–H groups in total. The van der Waals surface area contributed by atoms with Gasteiger partial charge in [-0.2, -0.15) is 0 Å². The molecule has 1 aromatic carbocycles. The zero-order valence-electron chi connectivity index (χ0n) is 13.6. The fourth-order valence-electron chi connectivity index (χ4n) is 2.74. The predicted molar refractivity (Wildman–Crippen MR) is 89.1 cm³/mol. The second-order valence-corrected chi connectivity index (χ2v) is 6.73. The molecule has 0 aromatic heterocycles. The summed E-state index contributed by atoms with van der Waals surface area (Å²) in [5.74, 6) is -0.0993. The first-order valence-electron chi connectivity index (χ1n) is 7.99. The summed E-state index contributed by atoms with van der Waals surface area (Å²) in [4.78, 5) is 14.4. The van der Waals surface area contributed by atoms with Crippen molar-refractivity contribution in [1.29, 1.82) is 0 Å². The van der Waals surface area contributed by atoms with Gasteiger partial charge in [-0.3, -0.25) is 9.69 Å². The molecule has 0 saturated carbocycles. The molecule has 6 heteroatoms. The van der Waals surface area contributed by atoms with Crippen LogP contribution in [0.4, 0.5) is 4.39 Å². The molecule has 0 spiro atoms. The molecular weight excluding hydrogens is 319 g/mol. The quantitative estimate of drug-likeness (QED) is 0.863. The van der Waals surface area contributed by atoms with Crippen molar-refractivity contribution in [2.75, 3.05) is 32.8 Å². The van der Waals surface area contributed by atoms with Crippen LogP contribution in [-0.4, -0.2) is 49.7 Å². The van der Waals surface area contributed by atoms with Crippen LogP contribution < -0.4 is 5.32 Å². The van der Waals surface area contributed by atoms with Gasteiger partial charge in [-0.05, 0) is 18.1 Å². The van der Waals surface area contributed by atoms with Crippen molar-refractivity contribution in [2.24, 2.45) is 5.92 Å². The molecule has 1 aliphatic heterocycles. The second-order valence-electron chi connectivity index (χ2n) is 6.33. The predicted octanol–water partition coefficient (Wildman–Crippen LogP) is 2.49. The van der Waals surface area contributed by atoms with Crippen molar-refractivity contribution in [3.8, 4) is 0 Å². The minimum atomic E-state index is -0.454. The maximum absolute atomic E-state index is 13.7. The van der Waals surface area contributed by atoms with Gasteiger partial charge in [-0.15, -0.1) is 0 Å². The van der Waals surface area contributed by atoms with Crippen LogP contribution >= 0.6 is 11.6 Å². The normalized spacial score (nSPS) is 19.1. The number of hydrogen-bond donors (Lipinski definition) is 1. The van der Waals surface area contributed by atoms with E-state index in [-0.39, 0.29) is 29.0 Å². The van der Waals surface area contributed by atoms with Gasteiger partial charge in [0, 0.05) is 36.8 Å². The largest absolute Gasteiger partial charge is 0.374 e. The van der Waals surface area contributed by atoms with Crippen LogP contribution in [0, 0.1) is 11.7 Å². The van der Waals surface area contributed by atoms with E-state index >= 15 is 0 Å². The molecule has 128 valence electrons. The van der Waals surface area contributed by atoms with Crippen LogP contribution in [-0.2, 0) is 16.0 Å². The SMILES string of the molecule is CC(C)CN1CCO[C@@H](CNC(=O)Cc2c(F)cccc2Cl)C1. The highest BCUT2D eigenvalue weighted by molar-refractivity contribution is 6.31. The lowest BCUT2D eigenvalue weighted by atomic mass is 10.1. The molecule has 1 aromatic rings. The second kappa shape index (κ2) is 8.62. The maximum atomic E-state index is 13.7. The Labute approximate surface area is 141 Å². The molecule has 4 nitrogen and oxygen atoms in total. The average Bonchev–Trinajstić information content (AvgIpc) is 2.49. The van der Waals surface area contributed by atoms with Crippen molar-refractivity contribution in [3.05, 3.63) is 34.6 Å². The van der Waals surface area contributed by atoms with Crippen molar-refractivity contribution in [3.63, 3.8) is 0 Å². The third kappa shape index (κ3) is 5.75. The highest BCUT2D eigenvalue weighted by atomic mass is 35.5. The summed E-state index contributed by atoms with van der Waals surface area (Å²) in [6.07, 6.45) is -0.0870. The standard InChI is InChI=1S/C17H24ClFN2O2/c1-12(2)10-21-6-7-23-13(11-21)9-20-17(22)8-14-15(18)4-3-5-16(14)19/h3-5,12-13H,6-11H2,1-2H3,(H,20,22)/t13-/m0/s1. The average molecular weight is 343 g/mol.